The summed E-state index contributed by atoms with van der Waals surface area (Å²) in [6.45, 7) is 6.34. The summed E-state index contributed by atoms with van der Waals surface area (Å²) in [5.74, 6) is -0.311. The molecule has 0 aliphatic rings. The molecular formula is C23H25ClN4O3. The molecule has 0 atom stereocenters. The Kier molecular flexibility index (Phi) is 6.97. The van der Waals surface area contributed by atoms with Crippen molar-refractivity contribution in [3.63, 3.8) is 0 Å². The predicted molar refractivity (Wildman–Crippen MR) is 120 cm³/mol. The van der Waals surface area contributed by atoms with E-state index in [0.717, 1.165) is 28.2 Å². The Hall–Kier alpha value is -3.32. The SMILES string of the molecule is Cc1ccc(-n2nc(C)c(CC(=O)NCCNC(=O)c3ccc(O)cc3)c2C)cc1Cl. The van der Waals surface area contributed by atoms with Gasteiger partial charge in [0.2, 0.25) is 5.91 Å². The van der Waals surface area contributed by atoms with Crippen molar-refractivity contribution in [1.82, 2.24) is 20.4 Å². The van der Waals surface area contributed by atoms with E-state index in [-0.39, 0.29) is 24.0 Å². The Morgan fingerprint density at radius 3 is 2.39 bits per heavy atom. The van der Waals surface area contributed by atoms with Crippen LogP contribution in [0.4, 0.5) is 0 Å². The number of phenolic OH excluding ortho intramolecular Hbond substituents is 1. The number of rotatable bonds is 7. The Morgan fingerprint density at radius 1 is 1.03 bits per heavy atom. The van der Waals surface area contributed by atoms with E-state index >= 15 is 0 Å². The first-order valence-electron chi connectivity index (χ1n) is 9.92. The highest BCUT2D eigenvalue weighted by molar-refractivity contribution is 6.31. The summed E-state index contributed by atoms with van der Waals surface area (Å²) < 4.78 is 1.79. The molecule has 0 unspecified atom stereocenters. The fourth-order valence-electron chi connectivity index (χ4n) is 3.21. The van der Waals surface area contributed by atoms with Crippen LogP contribution in [0.3, 0.4) is 0 Å². The van der Waals surface area contributed by atoms with Gasteiger partial charge in [0.1, 0.15) is 5.75 Å². The fraction of sp³-hybridized carbons (Fsp3) is 0.261. The number of benzene rings is 2. The Balaban J connectivity index is 1.54. The number of aryl methyl sites for hydroxylation is 2. The largest absolute Gasteiger partial charge is 0.508 e. The summed E-state index contributed by atoms with van der Waals surface area (Å²) in [4.78, 5) is 24.4. The monoisotopic (exact) mass is 440 g/mol. The van der Waals surface area contributed by atoms with Crippen LogP contribution < -0.4 is 10.6 Å². The molecule has 0 spiro atoms. The Labute approximate surface area is 186 Å². The number of nitrogens with zero attached hydrogens (tertiary/aromatic N) is 2. The lowest BCUT2D eigenvalue weighted by atomic mass is 10.1. The summed E-state index contributed by atoms with van der Waals surface area (Å²) in [5.41, 5.74) is 4.81. The predicted octanol–water partition coefficient (Wildman–Crippen LogP) is 3.25. The van der Waals surface area contributed by atoms with E-state index in [9.17, 15) is 14.7 Å². The maximum absolute atomic E-state index is 12.4. The standard InChI is InChI=1S/C23H25ClN4O3/c1-14-4-7-18(12-21(14)24)28-16(3)20(15(2)27-28)13-22(30)25-10-11-26-23(31)17-5-8-19(29)9-6-17/h4-9,12,29H,10-11,13H2,1-3H3,(H,25,30)(H,26,31). The van der Waals surface area contributed by atoms with Crippen LogP contribution in [-0.4, -0.2) is 39.8 Å². The molecule has 0 saturated carbocycles. The second kappa shape index (κ2) is 9.66. The average molecular weight is 441 g/mol. The first-order valence-corrected chi connectivity index (χ1v) is 10.3. The van der Waals surface area contributed by atoms with Crippen molar-refractivity contribution in [2.45, 2.75) is 27.2 Å². The molecule has 0 bridgehead atoms. The number of hydrogen-bond acceptors (Lipinski definition) is 4. The van der Waals surface area contributed by atoms with Crippen molar-refractivity contribution < 1.29 is 14.7 Å². The molecule has 0 radical (unpaired) electrons. The number of aromatic hydroxyl groups is 1. The second-order valence-corrected chi connectivity index (χ2v) is 7.73. The van der Waals surface area contributed by atoms with Gasteiger partial charge in [-0.25, -0.2) is 4.68 Å². The zero-order valence-electron chi connectivity index (χ0n) is 17.7. The molecule has 0 aliphatic carbocycles. The van der Waals surface area contributed by atoms with E-state index in [4.69, 9.17) is 11.6 Å². The number of nitrogens with one attached hydrogen (secondary N) is 2. The highest BCUT2D eigenvalue weighted by atomic mass is 35.5. The van der Waals surface area contributed by atoms with Crippen molar-refractivity contribution in [3.05, 3.63) is 75.6 Å². The smallest absolute Gasteiger partial charge is 0.251 e. The van der Waals surface area contributed by atoms with Crippen molar-refractivity contribution in [3.8, 4) is 11.4 Å². The third-order valence-electron chi connectivity index (χ3n) is 5.04. The van der Waals surface area contributed by atoms with Gasteiger partial charge < -0.3 is 15.7 Å². The summed E-state index contributed by atoms with van der Waals surface area (Å²) in [6.07, 6.45) is 0.198. The zero-order chi connectivity index (χ0) is 22.5. The molecule has 3 rings (SSSR count). The van der Waals surface area contributed by atoms with Gasteiger partial charge in [-0.2, -0.15) is 5.10 Å². The van der Waals surface area contributed by atoms with Gasteiger partial charge in [-0.15, -0.1) is 0 Å². The molecule has 3 N–H and O–H groups in total. The van der Waals surface area contributed by atoms with Crippen molar-refractivity contribution in [2.75, 3.05) is 13.1 Å². The number of phenols is 1. The fourth-order valence-corrected chi connectivity index (χ4v) is 3.39. The van der Waals surface area contributed by atoms with Crippen molar-refractivity contribution >= 4 is 23.4 Å². The molecule has 3 aromatic rings. The van der Waals surface area contributed by atoms with Crippen molar-refractivity contribution in [2.24, 2.45) is 0 Å². The molecule has 8 heteroatoms. The molecule has 1 heterocycles. The molecular weight excluding hydrogens is 416 g/mol. The zero-order valence-corrected chi connectivity index (χ0v) is 18.5. The normalized spacial score (nSPS) is 10.7. The van der Waals surface area contributed by atoms with Crippen LogP contribution in [0, 0.1) is 20.8 Å². The van der Waals surface area contributed by atoms with Gasteiger partial charge in [0.15, 0.2) is 0 Å². The lowest BCUT2D eigenvalue weighted by Gasteiger charge is -2.09. The molecule has 0 aliphatic heterocycles. The van der Waals surface area contributed by atoms with Crippen LogP contribution in [-0.2, 0) is 11.2 Å². The van der Waals surface area contributed by atoms with E-state index in [1.165, 1.54) is 24.3 Å². The molecule has 0 fully saturated rings. The summed E-state index contributed by atoms with van der Waals surface area (Å²) >= 11 is 6.24. The van der Waals surface area contributed by atoms with Gasteiger partial charge in [-0.3, -0.25) is 9.59 Å². The van der Waals surface area contributed by atoms with Gasteiger partial charge in [0.25, 0.3) is 5.91 Å². The van der Waals surface area contributed by atoms with Crippen molar-refractivity contribution in [1.29, 1.82) is 0 Å². The Bertz CT molecular complexity index is 1110. The Morgan fingerprint density at radius 2 is 1.71 bits per heavy atom. The number of aromatic nitrogens is 2. The van der Waals surface area contributed by atoms with Crippen LogP contribution >= 0.6 is 11.6 Å². The number of halogens is 1. The molecule has 1 aromatic heterocycles. The minimum Gasteiger partial charge on any atom is -0.508 e. The minimum atomic E-state index is -0.265. The second-order valence-electron chi connectivity index (χ2n) is 7.32. The van der Waals surface area contributed by atoms with Gasteiger partial charge >= 0.3 is 0 Å². The first-order chi connectivity index (χ1) is 14.8. The highest BCUT2D eigenvalue weighted by Gasteiger charge is 2.16. The van der Waals surface area contributed by atoms with E-state index in [1.54, 1.807) is 4.68 Å². The molecule has 7 nitrogen and oxygen atoms in total. The van der Waals surface area contributed by atoms with E-state index in [1.807, 2.05) is 39.0 Å². The minimum absolute atomic E-state index is 0.100. The van der Waals surface area contributed by atoms with Gasteiger partial charge in [0, 0.05) is 34.9 Å². The summed E-state index contributed by atoms with van der Waals surface area (Å²) in [6, 6.07) is 11.7. The average Bonchev–Trinajstić information content (AvgIpc) is 3.02. The maximum Gasteiger partial charge on any atom is 0.251 e. The quantitative estimate of drug-likeness (QED) is 0.491. The number of amides is 2. The maximum atomic E-state index is 12.4. The lowest BCUT2D eigenvalue weighted by Crippen LogP contribution is -2.35. The number of hydrogen-bond donors (Lipinski definition) is 3. The van der Waals surface area contributed by atoms with Crippen LogP contribution in [0.5, 0.6) is 5.75 Å². The molecule has 162 valence electrons. The van der Waals surface area contributed by atoms with Crippen LogP contribution in [0.15, 0.2) is 42.5 Å². The van der Waals surface area contributed by atoms with Crippen LogP contribution in [0.2, 0.25) is 5.02 Å². The van der Waals surface area contributed by atoms with Gasteiger partial charge in [-0.05, 0) is 62.7 Å². The van der Waals surface area contributed by atoms with Crippen LogP contribution in [0.1, 0.15) is 32.9 Å². The molecule has 2 amide bonds. The topological polar surface area (TPSA) is 96.3 Å². The summed E-state index contributed by atoms with van der Waals surface area (Å²) in [7, 11) is 0. The van der Waals surface area contributed by atoms with Gasteiger partial charge in [-0.1, -0.05) is 17.7 Å². The molecule has 0 saturated heterocycles. The number of carbonyl (C=O) groups excluding carboxylic acids is 2. The van der Waals surface area contributed by atoms with E-state index < -0.39 is 0 Å². The highest BCUT2D eigenvalue weighted by Crippen LogP contribution is 2.23. The van der Waals surface area contributed by atoms with Crippen LogP contribution in [0.25, 0.3) is 5.69 Å². The van der Waals surface area contributed by atoms with E-state index in [0.29, 0.717) is 23.7 Å². The molecule has 2 aromatic carbocycles. The summed E-state index contributed by atoms with van der Waals surface area (Å²) in [5, 5.41) is 20.1. The third-order valence-corrected chi connectivity index (χ3v) is 5.45. The lowest BCUT2D eigenvalue weighted by molar-refractivity contribution is -0.120. The molecule has 31 heavy (non-hydrogen) atoms. The van der Waals surface area contributed by atoms with E-state index in [2.05, 4.69) is 15.7 Å². The first kappa shape index (κ1) is 22.4. The third kappa shape index (κ3) is 5.44. The number of carbonyl (C=O) groups is 2. The van der Waals surface area contributed by atoms with Gasteiger partial charge in [0.05, 0.1) is 17.8 Å².